The van der Waals surface area contributed by atoms with Gasteiger partial charge in [0.15, 0.2) is 5.78 Å². The molecular weight excluding hydrogens is 452 g/mol. The predicted molar refractivity (Wildman–Crippen MR) is 126 cm³/mol. The Balaban J connectivity index is 1.40. The number of rotatable bonds is 7. The number of nitrogens with two attached hydrogens (primary N) is 1. The van der Waals surface area contributed by atoms with Crippen molar-refractivity contribution in [2.24, 2.45) is 0 Å². The topological polar surface area (TPSA) is 169 Å². The third kappa shape index (κ3) is 5.36. The number of aromatic nitrogens is 2. The second-order valence-corrected chi connectivity index (χ2v) is 7.91. The normalized spacial score (nSPS) is 16.9. The van der Waals surface area contributed by atoms with Gasteiger partial charge in [0.25, 0.3) is 11.8 Å². The summed E-state index contributed by atoms with van der Waals surface area (Å²) in [5.74, 6) is -0.901. The lowest BCUT2D eigenvalue weighted by Gasteiger charge is -2.21. The minimum Gasteiger partial charge on any atom is -0.507 e. The Bertz CT molecular complexity index is 1260. The van der Waals surface area contributed by atoms with Gasteiger partial charge in [-0.05, 0) is 36.4 Å². The number of anilines is 1. The van der Waals surface area contributed by atoms with E-state index in [1.165, 1.54) is 55.8 Å². The number of benzene rings is 2. The molecule has 1 aromatic heterocycles. The van der Waals surface area contributed by atoms with E-state index in [4.69, 9.17) is 10.5 Å². The van der Waals surface area contributed by atoms with Crippen molar-refractivity contribution in [3.05, 3.63) is 77.1 Å². The van der Waals surface area contributed by atoms with Crippen LogP contribution in [0.5, 0.6) is 11.5 Å². The number of amides is 2. The van der Waals surface area contributed by atoms with Gasteiger partial charge >= 0.3 is 0 Å². The molecule has 0 unspecified atom stereocenters. The maximum Gasteiger partial charge on any atom is 0.270 e. The first-order chi connectivity index (χ1) is 16.9. The van der Waals surface area contributed by atoms with Gasteiger partial charge in [-0.2, -0.15) is 0 Å². The summed E-state index contributed by atoms with van der Waals surface area (Å²) in [7, 11) is 1.47. The standard InChI is InChI=1S/C24H24N6O5/c1-35-15-6-7-20(31)16(10-15)21(32)13-2-4-14(5-3-13)22(33)28-18-11-26-12-19(18)29-23(34)17-8-9-27-24(25)30-17/h2-10,18-19,26,31H,11-12H2,1H3,(H,28,33)(H,29,34)(H2,25,27,30)/t18-,19-/m1/s1. The van der Waals surface area contributed by atoms with Crippen molar-refractivity contribution in [3.8, 4) is 11.5 Å². The number of aromatic hydroxyl groups is 1. The molecule has 4 rings (SSSR count). The number of hydrogen-bond donors (Lipinski definition) is 5. The van der Waals surface area contributed by atoms with Crippen LogP contribution >= 0.6 is 0 Å². The van der Waals surface area contributed by atoms with E-state index in [-0.39, 0.29) is 40.9 Å². The first kappa shape index (κ1) is 23.6. The third-order valence-electron chi connectivity index (χ3n) is 5.61. The molecular formula is C24H24N6O5. The Labute approximate surface area is 200 Å². The zero-order chi connectivity index (χ0) is 24.9. The van der Waals surface area contributed by atoms with Gasteiger partial charge in [0.05, 0.1) is 24.8 Å². The molecule has 2 atom stereocenters. The highest BCUT2D eigenvalue weighted by Crippen LogP contribution is 2.25. The summed E-state index contributed by atoms with van der Waals surface area (Å²) in [6.07, 6.45) is 1.40. The number of ether oxygens (including phenoxy) is 1. The predicted octanol–water partition coefficient (Wildman–Crippen LogP) is 0.504. The van der Waals surface area contributed by atoms with Gasteiger partial charge in [-0.3, -0.25) is 14.4 Å². The van der Waals surface area contributed by atoms with Gasteiger partial charge in [0, 0.05) is 30.4 Å². The highest BCUT2D eigenvalue weighted by atomic mass is 16.5. The van der Waals surface area contributed by atoms with Crippen LogP contribution in [0.2, 0.25) is 0 Å². The molecule has 180 valence electrons. The van der Waals surface area contributed by atoms with Gasteiger partial charge in [0.2, 0.25) is 5.95 Å². The van der Waals surface area contributed by atoms with Crippen molar-refractivity contribution in [3.63, 3.8) is 0 Å². The maximum atomic E-state index is 12.8. The average molecular weight is 476 g/mol. The Kier molecular flexibility index (Phi) is 6.88. The van der Waals surface area contributed by atoms with E-state index in [0.29, 0.717) is 30.0 Å². The van der Waals surface area contributed by atoms with E-state index in [1.54, 1.807) is 6.07 Å². The van der Waals surface area contributed by atoms with Crippen molar-refractivity contribution in [2.75, 3.05) is 25.9 Å². The molecule has 3 aromatic rings. The lowest BCUT2D eigenvalue weighted by Crippen LogP contribution is -2.51. The number of phenols is 1. The van der Waals surface area contributed by atoms with E-state index < -0.39 is 11.7 Å². The minimum atomic E-state index is -0.421. The fourth-order valence-electron chi connectivity index (χ4n) is 3.73. The zero-order valence-electron chi connectivity index (χ0n) is 18.8. The molecule has 11 heteroatoms. The van der Waals surface area contributed by atoms with Gasteiger partial charge in [-0.25, -0.2) is 9.97 Å². The molecule has 1 aliphatic heterocycles. The number of hydrogen-bond acceptors (Lipinski definition) is 9. The zero-order valence-corrected chi connectivity index (χ0v) is 18.8. The van der Waals surface area contributed by atoms with E-state index >= 15 is 0 Å². The summed E-state index contributed by atoms with van der Waals surface area (Å²) >= 11 is 0. The third-order valence-corrected chi connectivity index (χ3v) is 5.61. The van der Waals surface area contributed by atoms with E-state index in [1.807, 2.05) is 0 Å². The van der Waals surface area contributed by atoms with Crippen LogP contribution in [-0.4, -0.2) is 65.0 Å². The number of nitrogen functional groups attached to an aromatic ring is 1. The monoisotopic (exact) mass is 476 g/mol. The summed E-state index contributed by atoms with van der Waals surface area (Å²) in [6, 6.07) is 11.2. The largest absolute Gasteiger partial charge is 0.507 e. The Hall–Kier alpha value is -4.51. The van der Waals surface area contributed by atoms with Gasteiger partial charge in [0.1, 0.15) is 17.2 Å². The molecule has 2 aromatic carbocycles. The lowest BCUT2D eigenvalue weighted by atomic mass is 10.0. The van der Waals surface area contributed by atoms with Crippen LogP contribution in [0.15, 0.2) is 54.7 Å². The highest BCUT2D eigenvalue weighted by Gasteiger charge is 2.30. The lowest BCUT2D eigenvalue weighted by molar-refractivity contribution is 0.0894. The fourth-order valence-corrected chi connectivity index (χ4v) is 3.73. The quantitative estimate of drug-likeness (QED) is 0.305. The molecule has 1 fully saturated rings. The molecule has 6 N–H and O–H groups in total. The number of nitrogens with zero attached hydrogens (tertiary/aromatic N) is 2. The number of phenolic OH excluding ortho intramolecular Hbond substituents is 1. The average Bonchev–Trinajstić information content (AvgIpc) is 3.30. The SMILES string of the molecule is COc1ccc(O)c(C(=O)c2ccc(C(=O)N[C@@H]3CNC[C@H]3NC(=O)c3ccnc(N)n3)cc2)c1. The first-order valence-electron chi connectivity index (χ1n) is 10.8. The highest BCUT2D eigenvalue weighted by molar-refractivity contribution is 6.11. The number of carbonyl (C=O) groups is 3. The summed E-state index contributed by atoms with van der Waals surface area (Å²) in [4.78, 5) is 45.8. The van der Waals surface area contributed by atoms with Gasteiger partial charge in [-0.1, -0.05) is 12.1 Å². The van der Waals surface area contributed by atoms with Gasteiger partial charge in [-0.15, -0.1) is 0 Å². The smallest absolute Gasteiger partial charge is 0.270 e. The van der Waals surface area contributed by atoms with E-state index in [2.05, 4.69) is 25.9 Å². The fraction of sp³-hybridized carbons (Fsp3) is 0.208. The van der Waals surface area contributed by atoms with Crippen LogP contribution in [0.25, 0.3) is 0 Å². The summed E-state index contributed by atoms with van der Waals surface area (Å²) in [5, 5.41) is 18.9. The summed E-state index contributed by atoms with van der Waals surface area (Å²) in [6.45, 7) is 0.934. The molecule has 0 bridgehead atoms. The summed E-state index contributed by atoms with van der Waals surface area (Å²) < 4.78 is 5.11. The Morgan fingerprint density at radius 1 is 1.00 bits per heavy atom. The molecule has 2 heterocycles. The van der Waals surface area contributed by atoms with Crippen molar-refractivity contribution < 1.29 is 24.2 Å². The van der Waals surface area contributed by atoms with Crippen LogP contribution in [0.1, 0.15) is 36.8 Å². The van der Waals surface area contributed by atoms with Crippen molar-refractivity contribution >= 4 is 23.5 Å². The van der Waals surface area contributed by atoms with Crippen molar-refractivity contribution in [1.29, 1.82) is 0 Å². The number of ketones is 1. The minimum absolute atomic E-state index is 0.00408. The molecule has 1 saturated heterocycles. The Morgan fingerprint density at radius 2 is 1.66 bits per heavy atom. The number of methoxy groups -OCH3 is 1. The molecule has 2 amide bonds. The van der Waals surface area contributed by atoms with Gasteiger partial charge < -0.3 is 31.5 Å². The number of nitrogens with one attached hydrogen (secondary N) is 3. The second-order valence-electron chi connectivity index (χ2n) is 7.91. The van der Waals surface area contributed by atoms with Crippen molar-refractivity contribution in [2.45, 2.75) is 12.1 Å². The number of carbonyl (C=O) groups excluding carboxylic acids is 3. The molecule has 1 aliphatic rings. The molecule has 0 spiro atoms. The molecule has 0 radical (unpaired) electrons. The van der Waals surface area contributed by atoms with Crippen LogP contribution in [0, 0.1) is 0 Å². The second kappa shape index (κ2) is 10.2. The van der Waals surface area contributed by atoms with Crippen LogP contribution < -0.4 is 26.4 Å². The van der Waals surface area contributed by atoms with Crippen LogP contribution in [0.4, 0.5) is 5.95 Å². The molecule has 0 aliphatic carbocycles. The van der Waals surface area contributed by atoms with Crippen LogP contribution in [-0.2, 0) is 0 Å². The van der Waals surface area contributed by atoms with E-state index in [9.17, 15) is 19.5 Å². The maximum absolute atomic E-state index is 12.8. The summed E-state index contributed by atoms with van der Waals surface area (Å²) in [5.41, 5.74) is 6.42. The molecule has 11 nitrogen and oxygen atoms in total. The van der Waals surface area contributed by atoms with Crippen molar-refractivity contribution in [1.82, 2.24) is 25.9 Å². The van der Waals surface area contributed by atoms with E-state index in [0.717, 1.165) is 0 Å². The Morgan fingerprint density at radius 3 is 2.31 bits per heavy atom. The molecule has 35 heavy (non-hydrogen) atoms. The first-order valence-corrected chi connectivity index (χ1v) is 10.8. The molecule has 0 saturated carbocycles. The van der Waals surface area contributed by atoms with Crippen LogP contribution in [0.3, 0.4) is 0 Å².